The molecule has 6 nitrogen and oxygen atoms in total. The Labute approximate surface area is 206 Å². The van der Waals surface area contributed by atoms with Crippen LogP contribution >= 0.6 is 0 Å². The van der Waals surface area contributed by atoms with E-state index in [0.717, 1.165) is 47.7 Å². The topological polar surface area (TPSA) is 87.1 Å². The summed E-state index contributed by atoms with van der Waals surface area (Å²) in [4.78, 5) is 20.3. The molecule has 0 saturated heterocycles. The standard InChI is InChI=1S/C25H24F3NO.C2H2O4/c1-29(2)11-3-10-25(20-5-7-21(26)8-6-20)24-9-4-17(12-19(24)16-30-25)18-13-22(27)15-23(28)14-18;3-1(4)2(5)6/h4-9,12-15H,3,10-11,16H2,1-2H3;(H,3,4)(H,5,6). The molecule has 0 bridgehead atoms. The van der Waals surface area contributed by atoms with Crippen molar-refractivity contribution < 1.29 is 37.7 Å². The number of nitrogens with zero attached hydrogens (tertiary/aromatic N) is 1. The SMILES string of the molecule is CN(C)CCCC1(c2ccc(F)cc2)OCc2cc(-c3cc(F)cc(F)c3)ccc21.O=C(O)C(=O)O. The molecule has 4 rings (SSSR count). The van der Waals surface area contributed by atoms with Gasteiger partial charge in [0.05, 0.1) is 6.61 Å². The molecule has 1 heterocycles. The van der Waals surface area contributed by atoms with Crippen LogP contribution in [0.1, 0.15) is 29.5 Å². The van der Waals surface area contributed by atoms with Gasteiger partial charge in [-0.05, 0) is 91.6 Å². The van der Waals surface area contributed by atoms with Gasteiger partial charge < -0.3 is 19.8 Å². The number of ether oxygens (including phenoxy) is 1. The minimum absolute atomic E-state index is 0.288. The van der Waals surface area contributed by atoms with Crippen LogP contribution in [0.5, 0.6) is 0 Å². The van der Waals surface area contributed by atoms with Gasteiger partial charge in [0.2, 0.25) is 0 Å². The number of carboxylic acid groups (broad SMARTS) is 2. The first-order valence-electron chi connectivity index (χ1n) is 11.1. The third kappa shape index (κ3) is 6.30. The molecule has 1 aliphatic heterocycles. The summed E-state index contributed by atoms with van der Waals surface area (Å²) in [5.41, 5.74) is 3.47. The van der Waals surface area contributed by atoms with Crippen molar-refractivity contribution in [2.75, 3.05) is 20.6 Å². The molecule has 9 heteroatoms. The van der Waals surface area contributed by atoms with Gasteiger partial charge in [0.15, 0.2) is 0 Å². The van der Waals surface area contributed by atoms with Gasteiger partial charge in [-0.25, -0.2) is 22.8 Å². The van der Waals surface area contributed by atoms with Crippen LogP contribution in [0.25, 0.3) is 11.1 Å². The van der Waals surface area contributed by atoms with Crippen LogP contribution in [-0.2, 0) is 26.5 Å². The molecule has 190 valence electrons. The number of aliphatic carboxylic acids is 2. The highest BCUT2D eigenvalue weighted by molar-refractivity contribution is 6.27. The molecule has 0 spiro atoms. The van der Waals surface area contributed by atoms with E-state index in [1.807, 2.05) is 32.3 Å². The summed E-state index contributed by atoms with van der Waals surface area (Å²) in [6.45, 7) is 1.29. The third-order valence-electron chi connectivity index (χ3n) is 5.84. The maximum atomic E-state index is 13.7. The number of carbonyl (C=O) groups is 2. The molecule has 1 unspecified atom stereocenters. The van der Waals surface area contributed by atoms with Crippen molar-refractivity contribution in [2.24, 2.45) is 0 Å². The first kappa shape index (κ1) is 26.9. The molecule has 0 radical (unpaired) electrons. The fraction of sp³-hybridized carbons (Fsp3) is 0.259. The zero-order valence-corrected chi connectivity index (χ0v) is 19.8. The van der Waals surface area contributed by atoms with Crippen LogP contribution in [-0.4, -0.2) is 47.7 Å². The number of fused-ring (bicyclic) bond motifs is 1. The second-order valence-corrected chi connectivity index (χ2v) is 8.67. The summed E-state index contributed by atoms with van der Waals surface area (Å²) < 4.78 is 47.3. The second kappa shape index (κ2) is 11.4. The van der Waals surface area contributed by atoms with E-state index in [0.29, 0.717) is 12.2 Å². The third-order valence-corrected chi connectivity index (χ3v) is 5.84. The Morgan fingerprint density at radius 1 is 0.861 bits per heavy atom. The Morgan fingerprint density at radius 2 is 1.47 bits per heavy atom. The highest BCUT2D eigenvalue weighted by Crippen LogP contribution is 2.46. The zero-order chi connectivity index (χ0) is 26.5. The van der Waals surface area contributed by atoms with Crippen LogP contribution in [0.2, 0.25) is 0 Å². The van der Waals surface area contributed by atoms with Crippen molar-refractivity contribution in [1.82, 2.24) is 4.90 Å². The van der Waals surface area contributed by atoms with Gasteiger partial charge in [0.25, 0.3) is 0 Å². The van der Waals surface area contributed by atoms with Crippen molar-refractivity contribution >= 4 is 11.9 Å². The first-order valence-corrected chi connectivity index (χ1v) is 11.1. The smallest absolute Gasteiger partial charge is 0.414 e. The fourth-order valence-corrected chi connectivity index (χ4v) is 4.24. The van der Waals surface area contributed by atoms with Crippen LogP contribution in [0.4, 0.5) is 13.2 Å². The van der Waals surface area contributed by atoms with E-state index in [1.165, 1.54) is 24.3 Å². The predicted molar refractivity (Wildman–Crippen MR) is 127 cm³/mol. The summed E-state index contributed by atoms with van der Waals surface area (Å²) in [7, 11) is 4.05. The van der Waals surface area contributed by atoms with E-state index >= 15 is 0 Å². The Hall–Kier alpha value is -3.69. The van der Waals surface area contributed by atoms with Gasteiger partial charge >= 0.3 is 11.9 Å². The molecule has 0 amide bonds. The van der Waals surface area contributed by atoms with Crippen molar-refractivity contribution in [3.05, 3.63) is 94.8 Å². The predicted octanol–water partition coefficient (Wildman–Crippen LogP) is 5.04. The van der Waals surface area contributed by atoms with Crippen molar-refractivity contribution in [3.63, 3.8) is 0 Å². The maximum Gasteiger partial charge on any atom is 0.414 e. The van der Waals surface area contributed by atoms with Crippen molar-refractivity contribution in [1.29, 1.82) is 0 Å². The average Bonchev–Trinajstić information content (AvgIpc) is 3.18. The molecule has 0 aliphatic carbocycles. The van der Waals surface area contributed by atoms with E-state index < -0.39 is 29.2 Å². The number of hydrogen-bond acceptors (Lipinski definition) is 4. The van der Waals surface area contributed by atoms with Gasteiger partial charge in [0, 0.05) is 6.07 Å². The van der Waals surface area contributed by atoms with Gasteiger partial charge in [-0.1, -0.05) is 24.3 Å². The normalized spacial score (nSPS) is 16.3. The minimum Gasteiger partial charge on any atom is -0.473 e. The molecule has 0 saturated carbocycles. The minimum atomic E-state index is -1.82. The van der Waals surface area contributed by atoms with Gasteiger partial charge in [-0.2, -0.15) is 0 Å². The lowest BCUT2D eigenvalue weighted by Crippen LogP contribution is -2.28. The highest BCUT2D eigenvalue weighted by atomic mass is 19.1. The Kier molecular flexibility index (Phi) is 8.49. The van der Waals surface area contributed by atoms with Gasteiger partial charge in [0.1, 0.15) is 23.1 Å². The van der Waals surface area contributed by atoms with E-state index in [2.05, 4.69) is 4.90 Å². The molecule has 1 atom stereocenters. The Balaban J connectivity index is 0.000000538. The van der Waals surface area contributed by atoms with E-state index in [-0.39, 0.29) is 5.82 Å². The quantitative estimate of drug-likeness (QED) is 0.460. The molecule has 36 heavy (non-hydrogen) atoms. The van der Waals surface area contributed by atoms with Crippen molar-refractivity contribution in [2.45, 2.75) is 25.0 Å². The van der Waals surface area contributed by atoms with E-state index in [9.17, 15) is 13.2 Å². The lowest BCUT2D eigenvalue weighted by Gasteiger charge is -2.31. The number of rotatable bonds is 6. The monoisotopic (exact) mass is 501 g/mol. The number of carboxylic acids is 2. The maximum absolute atomic E-state index is 13.7. The van der Waals surface area contributed by atoms with Gasteiger partial charge in [-0.15, -0.1) is 0 Å². The summed E-state index contributed by atoms with van der Waals surface area (Å²) >= 11 is 0. The summed E-state index contributed by atoms with van der Waals surface area (Å²) in [6.07, 6.45) is 1.65. The van der Waals surface area contributed by atoms with Crippen LogP contribution < -0.4 is 0 Å². The zero-order valence-electron chi connectivity index (χ0n) is 19.8. The van der Waals surface area contributed by atoms with Gasteiger partial charge in [-0.3, -0.25) is 0 Å². The lowest BCUT2D eigenvalue weighted by atomic mass is 9.81. The fourth-order valence-electron chi connectivity index (χ4n) is 4.24. The molecular weight excluding hydrogens is 475 g/mol. The summed E-state index contributed by atoms with van der Waals surface area (Å²) in [5, 5.41) is 14.8. The number of halogens is 3. The average molecular weight is 502 g/mol. The van der Waals surface area contributed by atoms with Crippen molar-refractivity contribution in [3.8, 4) is 11.1 Å². The van der Waals surface area contributed by atoms with Crippen LogP contribution in [0.3, 0.4) is 0 Å². The summed E-state index contributed by atoms with van der Waals surface area (Å²) in [6, 6.07) is 15.7. The molecule has 0 fully saturated rings. The molecule has 1 aliphatic rings. The van der Waals surface area contributed by atoms with Crippen LogP contribution in [0.15, 0.2) is 60.7 Å². The summed E-state index contributed by atoms with van der Waals surface area (Å²) in [5.74, 6) is -5.15. The molecular formula is C27H26F3NO5. The first-order chi connectivity index (χ1) is 17.0. The largest absolute Gasteiger partial charge is 0.473 e. The van der Waals surface area contributed by atoms with E-state index in [1.54, 1.807) is 12.1 Å². The number of hydrogen-bond donors (Lipinski definition) is 2. The number of benzene rings is 3. The highest BCUT2D eigenvalue weighted by Gasteiger charge is 2.41. The van der Waals surface area contributed by atoms with E-state index in [4.69, 9.17) is 24.5 Å². The molecule has 0 aromatic heterocycles. The molecule has 3 aromatic rings. The van der Waals surface area contributed by atoms with Crippen LogP contribution in [0, 0.1) is 17.5 Å². The second-order valence-electron chi connectivity index (χ2n) is 8.67. The lowest BCUT2D eigenvalue weighted by molar-refractivity contribution is -0.159. The Morgan fingerprint density at radius 3 is 2.03 bits per heavy atom. The Bertz CT molecular complexity index is 1210. The molecule has 2 N–H and O–H groups in total. The molecule has 3 aromatic carbocycles.